The molecule has 0 spiro atoms. The van der Waals surface area contributed by atoms with Crippen LogP contribution in [0, 0.1) is 6.92 Å². The smallest absolute Gasteiger partial charge is 0.223 e. The molecule has 0 atom stereocenters. The summed E-state index contributed by atoms with van der Waals surface area (Å²) in [7, 11) is 0. The van der Waals surface area contributed by atoms with Crippen LogP contribution < -0.4 is 15.8 Å². The largest absolute Gasteiger partial charge is 0.491 e. The molecule has 0 aliphatic heterocycles. The molecule has 2 rings (SSSR count). The number of nitrogens with two attached hydrogens (primary N) is 1. The van der Waals surface area contributed by atoms with Crippen molar-refractivity contribution in [3.63, 3.8) is 0 Å². The predicted molar refractivity (Wildman–Crippen MR) is 79.6 cm³/mol. The molecule has 2 aromatic rings. The number of para-hydroxylation sites is 2. The zero-order valence-corrected chi connectivity index (χ0v) is 11.9. The summed E-state index contributed by atoms with van der Waals surface area (Å²) in [4.78, 5) is 19.9. The quantitative estimate of drug-likeness (QED) is 0.784. The van der Waals surface area contributed by atoms with Crippen molar-refractivity contribution < 1.29 is 9.53 Å². The number of aryl methyl sites for hydroxylation is 1. The van der Waals surface area contributed by atoms with E-state index in [1.165, 1.54) is 0 Å². The van der Waals surface area contributed by atoms with Gasteiger partial charge in [0.1, 0.15) is 11.6 Å². The third kappa shape index (κ3) is 4.76. The topological polar surface area (TPSA) is 90.1 Å². The Labute approximate surface area is 123 Å². The van der Waals surface area contributed by atoms with E-state index in [0.29, 0.717) is 23.8 Å². The number of nitrogens with zero attached hydrogens (tertiary/aromatic N) is 2. The Morgan fingerprint density at radius 1 is 1.33 bits per heavy atom. The average Bonchev–Trinajstić information content (AvgIpc) is 2.47. The number of nitrogens with one attached hydrogen (secondary N) is 1. The lowest BCUT2D eigenvalue weighted by Crippen LogP contribution is -2.25. The van der Waals surface area contributed by atoms with Crippen LogP contribution in [0.4, 0.5) is 5.69 Å². The summed E-state index contributed by atoms with van der Waals surface area (Å²) in [5, 5.41) is 2.79. The summed E-state index contributed by atoms with van der Waals surface area (Å²) >= 11 is 0. The molecule has 0 radical (unpaired) electrons. The summed E-state index contributed by atoms with van der Waals surface area (Å²) in [5.41, 5.74) is 7.09. The number of nitrogen functional groups attached to an aromatic ring is 1. The number of benzene rings is 1. The average molecular weight is 286 g/mol. The van der Waals surface area contributed by atoms with E-state index in [4.69, 9.17) is 10.5 Å². The zero-order chi connectivity index (χ0) is 15.1. The molecule has 1 aromatic heterocycles. The highest BCUT2D eigenvalue weighted by Gasteiger charge is 2.04. The summed E-state index contributed by atoms with van der Waals surface area (Å²) in [6.45, 7) is 2.47. The van der Waals surface area contributed by atoms with Crippen LogP contribution in [-0.4, -0.2) is 22.5 Å². The monoisotopic (exact) mass is 286 g/mol. The van der Waals surface area contributed by atoms with Gasteiger partial charge in [0.05, 0.1) is 31.0 Å². The Bertz CT molecular complexity index is 616. The number of ether oxygens (including phenoxy) is 1. The third-order valence-corrected chi connectivity index (χ3v) is 2.81. The van der Waals surface area contributed by atoms with Gasteiger partial charge in [-0.05, 0) is 25.1 Å². The number of carbonyl (C=O) groups excluding carboxylic acids is 1. The molecule has 21 heavy (non-hydrogen) atoms. The van der Waals surface area contributed by atoms with E-state index >= 15 is 0 Å². The maximum atomic E-state index is 11.7. The van der Waals surface area contributed by atoms with Gasteiger partial charge in [-0.15, -0.1) is 0 Å². The third-order valence-electron chi connectivity index (χ3n) is 2.81. The number of anilines is 1. The van der Waals surface area contributed by atoms with Crippen molar-refractivity contribution in [1.82, 2.24) is 15.3 Å². The SMILES string of the molecule is Cc1nccc(CNC(=O)CCOc2ccccc2N)n1. The Morgan fingerprint density at radius 3 is 2.90 bits per heavy atom. The van der Waals surface area contributed by atoms with E-state index in [2.05, 4.69) is 15.3 Å². The van der Waals surface area contributed by atoms with Crippen LogP contribution in [0.1, 0.15) is 17.9 Å². The Morgan fingerprint density at radius 2 is 2.14 bits per heavy atom. The molecule has 6 nitrogen and oxygen atoms in total. The van der Waals surface area contributed by atoms with Gasteiger partial charge in [0.25, 0.3) is 0 Å². The number of hydrogen-bond donors (Lipinski definition) is 2. The van der Waals surface area contributed by atoms with Crippen LogP contribution in [0.3, 0.4) is 0 Å². The molecule has 0 aliphatic carbocycles. The second-order valence-electron chi connectivity index (χ2n) is 4.51. The lowest BCUT2D eigenvalue weighted by molar-refractivity contribution is -0.121. The molecule has 110 valence electrons. The first-order valence-electron chi connectivity index (χ1n) is 6.67. The van der Waals surface area contributed by atoms with Gasteiger partial charge < -0.3 is 15.8 Å². The fourth-order valence-electron chi connectivity index (χ4n) is 1.75. The molecule has 0 bridgehead atoms. The zero-order valence-electron chi connectivity index (χ0n) is 11.9. The van der Waals surface area contributed by atoms with E-state index in [1.54, 1.807) is 24.4 Å². The second kappa shape index (κ2) is 7.23. The van der Waals surface area contributed by atoms with Crippen LogP contribution in [0.25, 0.3) is 0 Å². The standard InChI is InChI=1S/C15H18N4O2/c1-11-17-8-6-12(19-11)10-18-15(20)7-9-21-14-5-3-2-4-13(14)16/h2-6,8H,7,9-10,16H2,1H3,(H,18,20). The second-order valence-corrected chi connectivity index (χ2v) is 4.51. The molecular weight excluding hydrogens is 268 g/mol. The van der Waals surface area contributed by atoms with Crippen LogP contribution in [-0.2, 0) is 11.3 Å². The fourth-order valence-corrected chi connectivity index (χ4v) is 1.75. The van der Waals surface area contributed by atoms with Crippen molar-refractivity contribution in [1.29, 1.82) is 0 Å². The maximum Gasteiger partial charge on any atom is 0.223 e. The Hall–Kier alpha value is -2.63. The lowest BCUT2D eigenvalue weighted by Gasteiger charge is -2.09. The van der Waals surface area contributed by atoms with Crippen molar-refractivity contribution in [3.05, 3.63) is 48.0 Å². The van der Waals surface area contributed by atoms with Gasteiger partial charge >= 0.3 is 0 Å². The number of aromatic nitrogens is 2. The highest BCUT2D eigenvalue weighted by molar-refractivity contribution is 5.75. The lowest BCUT2D eigenvalue weighted by atomic mass is 10.3. The van der Waals surface area contributed by atoms with Crippen molar-refractivity contribution in [2.75, 3.05) is 12.3 Å². The minimum atomic E-state index is -0.0965. The van der Waals surface area contributed by atoms with Crippen molar-refractivity contribution in [3.8, 4) is 5.75 Å². The highest BCUT2D eigenvalue weighted by atomic mass is 16.5. The van der Waals surface area contributed by atoms with Crippen molar-refractivity contribution >= 4 is 11.6 Å². The molecular formula is C15H18N4O2. The first-order chi connectivity index (χ1) is 10.1. The molecule has 0 saturated carbocycles. The maximum absolute atomic E-state index is 11.7. The molecule has 0 aliphatic rings. The molecule has 0 unspecified atom stereocenters. The fraction of sp³-hybridized carbons (Fsp3) is 0.267. The van der Waals surface area contributed by atoms with Gasteiger partial charge in [0, 0.05) is 6.20 Å². The summed E-state index contributed by atoms with van der Waals surface area (Å²) in [6, 6.07) is 8.97. The first-order valence-corrected chi connectivity index (χ1v) is 6.67. The summed E-state index contributed by atoms with van der Waals surface area (Å²) < 4.78 is 5.47. The van der Waals surface area contributed by atoms with Crippen molar-refractivity contribution in [2.45, 2.75) is 19.9 Å². The minimum Gasteiger partial charge on any atom is -0.491 e. The van der Waals surface area contributed by atoms with Gasteiger partial charge in [-0.25, -0.2) is 9.97 Å². The van der Waals surface area contributed by atoms with E-state index in [1.807, 2.05) is 19.1 Å². The van der Waals surface area contributed by atoms with Crippen LogP contribution in [0.15, 0.2) is 36.5 Å². The van der Waals surface area contributed by atoms with E-state index in [0.717, 1.165) is 5.69 Å². The van der Waals surface area contributed by atoms with E-state index < -0.39 is 0 Å². The normalized spacial score (nSPS) is 10.1. The summed E-state index contributed by atoms with van der Waals surface area (Å²) in [6.07, 6.45) is 1.93. The number of carbonyl (C=O) groups is 1. The van der Waals surface area contributed by atoms with E-state index in [-0.39, 0.29) is 18.9 Å². The molecule has 0 fully saturated rings. The summed E-state index contributed by atoms with van der Waals surface area (Å²) in [5.74, 6) is 1.18. The minimum absolute atomic E-state index is 0.0965. The number of amides is 1. The van der Waals surface area contributed by atoms with Crippen LogP contribution >= 0.6 is 0 Å². The van der Waals surface area contributed by atoms with Gasteiger partial charge in [-0.2, -0.15) is 0 Å². The van der Waals surface area contributed by atoms with Gasteiger partial charge in [0.2, 0.25) is 5.91 Å². The predicted octanol–water partition coefficient (Wildman–Crippen LogP) is 1.45. The first kappa shape index (κ1) is 14.8. The van der Waals surface area contributed by atoms with Gasteiger partial charge in [-0.1, -0.05) is 12.1 Å². The molecule has 3 N–H and O–H groups in total. The van der Waals surface area contributed by atoms with Gasteiger partial charge in [-0.3, -0.25) is 4.79 Å². The van der Waals surface area contributed by atoms with Crippen molar-refractivity contribution in [2.24, 2.45) is 0 Å². The molecule has 1 aromatic carbocycles. The number of rotatable bonds is 6. The van der Waals surface area contributed by atoms with E-state index in [9.17, 15) is 4.79 Å². The Kier molecular flexibility index (Phi) is 5.09. The molecule has 6 heteroatoms. The van der Waals surface area contributed by atoms with Crippen LogP contribution in [0.2, 0.25) is 0 Å². The van der Waals surface area contributed by atoms with Crippen LogP contribution in [0.5, 0.6) is 5.75 Å². The number of hydrogen-bond acceptors (Lipinski definition) is 5. The molecule has 0 saturated heterocycles. The van der Waals surface area contributed by atoms with Gasteiger partial charge in [0.15, 0.2) is 0 Å². The highest BCUT2D eigenvalue weighted by Crippen LogP contribution is 2.19. The molecule has 1 heterocycles. The Balaban J connectivity index is 1.72. The molecule has 1 amide bonds.